The van der Waals surface area contributed by atoms with Gasteiger partial charge in [-0.2, -0.15) is 5.10 Å². The van der Waals surface area contributed by atoms with E-state index in [0.29, 0.717) is 5.69 Å². The molecule has 0 unspecified atom stereocenters. The Morgan fingerprint density at radius 1 is 0.941 bits per heavy atom. The number of piperidine rings is 1. The van der Waals surface area contributed by atoms with Gasteiger partial charge < -0.3 is 15.0 Å². The third-order valence-electron chi connectivity index (χ3n) is 5.42. The number of ether oxygens (including phenoxy) is 1. The van der Waals surface area contributed by atoms with Gasteiger partial charge in [-0.15, -0.1) is 13.2 Å². The smallest absolute Gasteiger partial charge is 0.406 e. The highest BCUT2D eigenvalue weighted by atomic mass is 19.4. The number of nitrogens with one attached hydrogen (secondary N) is 1. The van der Waals surface area contributed by atoms with Crippen LogP contribution in [0.1, 0.15) is 19.3 Å². The molecule has 1 fully saturated rings. The van der Waals surface area contributed by atoms with Gasteiger partial charge in [-0.05, 0) is 61.7 Å². The van der Waals surface area contributed by atoms with Crippen molar-refractivity contribution in [2.45, 2.75) is 32.2 Å². The normalized spacial score (nSPS) is 14.0. The zero-order valence-corrected chi connectivity index (χ0v) is 18.2. The van der Waals surface area contributed by atoms with E-state index in [1.54, 1.807) is 6.07 Å². The van der Waals surface area contributed by atoms with Crippen LogP contribution in [0.3, 0.4) is 0 Å². The van der Waals surface area contributed by atoms with Crippen molar-refractivity contribution in [2.24, 2.45) is 0 Å². The number of rotatable bonds is 6. The molecule has 3 aromatic rings. The first-order chi connectivity index (χ1) is 16.3. The number of benzene rings is 2. The first-order valence-electron chi connectivity index (χ1n) is 10.9. The van der Waals surface area contributed by atoms with E-state index in [2.05, 4.69) is 20.1 Å². The van der Waals surface area contributed by atoms with E-state index in [9.17, 15) is 22.8 Å². The number of halogens is 3. The van der Waals surface area contributed by atoms with Gasteiger partial charge in [-0.1, -0.05) is 12.1 Å². The van der Waals surface area contributed by atoms with Crippen LogP contribution < -0.4 is 20.5 Å². The van der Waals surface area contributed by atoms with Crippen molar-refractivity contribution in [2.75, 3.05) is 23.3 Å². The molecular weight excluding hydrogens is 449 g/mol. The molecule has 178 valence electrons. The van der Waals surface area contributed by atoms with Crippen LogP contribution in [0.5, 0.6) is 5.75 Å². The van der Waals surface area contributed by atoms with Crippen LogP contribution in [-0.4, -0.2) is 35.1 Å². The van der Waals surface area contributed by atoms with Crippen molar-refractivity contribution >= 4 is 17.3 Å². The maximum atomic E-state index is 12.4. The summed E-state index contributed by atoms with van der Waals surface area (Å²) in [5.74, 6) is -0.945. The van der Waals surface area contributed by atoms with Crippen molar-refractivity contribution in [3.8, 4) is 17.0 Å². The lowest BCUT2D eigenvalue weighted by Crippen LogP contribution is -2.29. The minimum absolute atomic E-state index is 0.261. The number of carbonyl (C=O) groups excluding carboxylic acids is 1. The summed E-state index contributed by atoms with van der Waals surface area (Å²) in [5.41, 5.74) is 2.32. The summed E-state index contributed by atoms with van der Waals surface area (Å²) < 4.78 is 41.6. The Kier molecular flexibility index (Phi) is 6.85. The highest BCUT2D eigenvalue weighted by Crippen LogP contribution is 2.25. The molecule has 1 amide bonds. The summed E-state index contributed by atoms with van der Waals surface area (Å²) >= 11 is 0. The Labute approximate surface area is 193 Å². The first kappa shape index (κ1) is 23.3. The largest absolute Gasteiger partial charge is 0.573 e. The van der Waals surface area contributed by atoms with Crippen LogP contribution >= 0.6 is 0 Å². The highest BCUT2D eigenvalue weighted by molar-refractivity contribution is 5.90. The van der Waals surface area contributed by atoms with Crippen LogP contribution in [0.2, 0.25) is 0 Å². The molecule has 34 heavy (non-hydrogen) atoms. The van der Waals surface area contributed by atoms with E-state index in [0.717, 1.165) is 41.2 Å². The summed E-state index contributed by atoms with van der Waals surface area (Å²) in [7, 11) is 0. The number of hydrogen-bond donors (Lipinski definition) is 1. The molecule has 1 aliphatic rings. The molecule has 7 nitrogen and oxygen atoms in total. The second-order valence-electron chi connectivity index (χ2n) is 7.93. The Morgan fingerprint density at radius 2 is 1.62 bits per heavy atom. The third kappa shape index (κ3) is 6.15. The predicted molar refractivity (Wildman–Crippen MR) is 122 cm³/mol. The standard InChI is InChI=1S/C24H23F3N4O3/c25-24(26,27)34-20-10-6-18(7-11-20)28-22(32)16-31-23(33)13-12-21(29-31)17-4-8-19(9-5-17)30-14-2-1-3-15-30/h4-13H,1-3,14-16H2,(H,28,32). The van der Waals surface area contributed by atoms with Gasteiger partial charge >= 0.3 is 6.36 Å². The lowest BCUT2D eigenvalue weighted by Gasteiger charge is -2.28. The Hall–Kier alpha value is -3.82. The van der Waals surface area contributed by atoms with Crippen LogP contribution in [0, 0.1) is 0 Å². The number of amides is 1. The van der Waals surface area contributed by atoms with E-state index in [1.807, 2.05) is 24.3 Å². The molecule has 0 aliphatic carbocycles. The fourth-order valence-electron chi connectivity index (χ4n) is 3.79. The molecule has 1 aliphatic heterocycles. The molecule has 0 spiro atoms. The molecule has 0 radical (unpaired) electrons. The molecule has 1 saturated heterocycles. The molecule has 0 atom stereocenters. The third-order valence-corrected chi connectivity index (χ3v) is 5.42. The molecular formula is C24H23F3N4O3. The zero-order chi connectivity index (χ0) is 24.1. The van der Waals surface area contributed by atoms with Gasteiger partial charge in [0.15, 0.2) is 0 Å². The predicted octanol–water partition coefficient (Wildman–Crippen LogP) is 4.44. The van der Waals surface area contributed by atoms with Crippen LogP contribution in [0.4, 0.5) is 24.5 Å². The molecule has 10 heteroatoms. The van der Waals surface area contributed by atoms with Crippen molar-refractivity contribution < 1.29 is 22.7 Å². The van der Waals surface area contributed by atoms with Gasteiger partial charge in [0.05, 0.1) is 5.69 Å². The minimum Gasteiger partial charge on any atom is -0.406 e. The van der Waals surface area contributed by atoms with E-state index < -0.39 is 23.6 Å². The molecule has 1 N–H and O–H groups in total. The van der Waals surface area contributed by atoms with E-state index in [-0.39, 0.29) is 12.2 Å². The van der Waals surface area contributed by atoms with Gasteiger partial charge in [0.2, 0.25) is 5.91 Å². The SMILES string of the molecule is O=C(Cn1nc(-c2ccc(N3CCCCC3)cc2)ccc1=O)Nc1ccc(OC(F)(F)F)cc1. The van der Waals surface area contributed by atoms with E-state index in [4.69, 9.17) is 0 Å². The number of alkyl halides is 3. The number of carbonyl (C=O) groups is 1. The lowest BCUT2D eigenvalue weighted by molar-refractivity contribution is -0.274. The molecule has 0 bridgehead atoms. The minimum atomic E-state index is -4.80. The fraction of sp³-hybridized carbons (Fsp3) is 0.292. The maximum Gasteiger partial charge on any atom is 0.573 e. The summed E-state index contributed by atoms with van der Waals surface area (Å²) in [6, 6.07) is 15.6. The van der Waals surface area contributed by atoms with Gasteiger partial charge in [0, 0.05) is 36.1 Å². The Morgan fingerprint density at radius 3 is 2.26 bits per heavy atom. The molecule has 1 aromatic heterocycles. The van der Waals surface area contributed by atoms with E-state index in [1.165, 1.54) is 37.5 Å². The van der Waals surface area contributed by atoms with Gasteiger partial charge in [-0.25, -0.2) is 4.68 Å². The highest BCUT2D eigenvalue weighted by Gasteiger charge is 2.31. The number of nitrogens with zero attached hydrogens (tertiary/aromatic N) is 3. The van der Waals surface area contributed by atoms with Crippen molar-refractivity contribution in [3.63, 3.8) is 0 Å². The molecule has 2 aromatic carbocycles. The quantitative estimate of drug-likeness (QED) is 0.574. The second-order valence-corrected chi connectivity index (χ2v) is 7.93. The van der Waals surface area contributed by atoms with Gasteiger partial charge in [-0.3, -0.25) is 9.59 Å². The van der Waals surface area contributed by atoms with E-state index >= 15 is 0 Å². The second kappa shape index (κ2) is 9.98. The Bertz CT molecular complexity index is 1190. The number of hydrogen-bond acceptors (Lipinski definition) is 5. The van der Waals surface area contributed by atoms with Crippen LogP contribution in [0.15, 0.2) is 65.5 Å². The lowest BCUT2D eigenvalue weighted by atomic mass is 10.1. The van der Waals surface area contributed by atoms with Gasteiger partial charge in [0.25, 0.3) is 5.56 Å². The molecule has 2 heterocycles. The van der Waals surface area contributed by atoms with Crippen molar-refractivity contribution in [1.82, 2.24) is 9.78 Å². The maximum absolute atomic E-state index is 12.4. The topological polar surface area (TPSA) is 76.5 Å². The molecule has 4 rings (SSSR count). The first-order valence-corrected chi connectivity index (χ1v) is 10.9. The number of anilines is 2. The summed E-state index contributed by atoms with van der Waals surface area (Å²) in [6.07, 6.45) is -1.18. The Balaban J connectivity index is 1.42. The zero-order valence-electron chi connectivity index (χ0n) is 18.2. The average molecular weight is 472 g/mol. The summed E-state index contributed by atoms with van der Waals surface area (Å²) in [5, 5.41) is 6.84. The summed E-state index contributed by atoms with van der Waals surface area (Å²) in [6.45, 7) is 1.73. The monoisotopic (exact) mass is 472 g/mol. The average Bonchev–Trinajstić information content (AvgIpc) is 2.81. The van der Waals surface area contributed by atoms with Crippen LogP contribution in [0.25, 0.3) is 11.3 Å². The van der Waals surface area contributed by atoms with Gasteiger partial charge in [0.1, 0.15) is 12.3 Å². The van der Waals surface area contributed by atoms with Crippen molar-refractivity contribution in [1.29, 1.82) is 0 Å². The van der Waals surface area contributed by atoms with Crippen LogP contribution in [-0.2, 0) is 11.3 Å². The summed E-state index contributed by atoms with van der Waals surface area (Å²) in [4.78, 5) is 26.9. The number of aromatic nitrogens is 2. The fourth-order valence-corrected chi connectivity index (χ4v) is 3.79. The van der Waals surface area contributed by atoms with Crippen molar-refractivity contribution in [3.05, 3.63) is 71.0 Å². The molecule has 0 saturated carbocycles.